The van der Waals surface area contributed by atoms with Gasteiger partial charge in [-0.05, 0) is 59.4 Å². The van der Waals surface area contributed by atoms with E-state index in [4.69, 9.17) is 15.5 Å². The van der Waals surface area contributed by atoms with Crippen molar-refractivity contribution >= 4 is 28.9 Å². The standard InChI is InChI=1S/C27H31N7O2S/c1-15-12-30-25(37-15)21-8-5-16(13-29-21)20-14-31-34-23(28)11-22(32-24(20)34)17-9-18-6-7-19(10-17)33(18)26(35)36-27(2,3)4/h5,8,11-14,17-19H,6-7,9-10,28H2,1-4H3/t17?,18-,19+. The molecule has 0 saturated carbocycles. The van der Waals surface area contributed by atoms with Gasteiger partial charge in [0.2, 0.25) is 0 Å². The summed E-state index contributed by atoms with van der Waals surface area (Å²) in [5, 5.41) is 5.40. The zero-order valence-electron chi connectivity index (χ0n) is 21.5. The Morgan fingerprint density at radius 1 is 1.11 bits per heavy atom. The number of nitrogens with two attached hydrogens (primary N) is 1. The Morgan fingerprint density at radius 3 is 2.49 bits per heavy atom. The molecule has 1 amide bonds. The molecule has 2 aliphatic heterocycles. The number of anilines is 1. The Hall–Kier alpha value is -3.53. The van der Waals surface area contributed by atoms with Crippen LogP contribution < -0.4 is 5.73 Å². The average Bonchev–Trinajstić information content (AvgIpc) is 3.54. The molecule has 10 heteroatoms. The van der Waals surface area contributed by atoms with Gasteiger partial charge < -0.3 is 15.4 Å². The number of aromatic nitrogens is 5. The van der Waals surface area contributed by atoms with Crippen LogP contribution in [0.5, 0.6) is 0 Å². The third kappa shape index (κ3) is 4.43. The molecule has 2 aliphatic rings. The predicted molar refractivity (Wildman–Crippen MR) is 143 cm³/mol. The molecule has 6 rings (SSSR count). The largest absolute Gasteiger partial charge is 0.444 e. The first-order valence-electron chi connectivity index (χ1n) is 12.7. The van der Waals surface area contributed by atoms with E-state index in [1.807, 2.05) is 63.2 Å². The van der Waals surface area contributed by atoms with Gasteiger partial charge in [-0.25, -0.2) is 14.8 Å². The summed E-state index contributed by atoms with van der Waals surface area (Å²) in [4.78, 5) is 30.1. The van der Waals surface area contributed by atoms with Crippen LogP contribution in [0.15, 0.2) is 36.8 Å². The van der Waals surface area contributed by atoms with Gasteiger partial charge in [0.15, 0.2) is 5.65 Å². The summed E-state index contributed by atoms with van der Waals surface area (Å²) in [5.74, 6) is 0.774. The maximum absolute atomic E-state index is 12.9. The summed E-state index contributed by atoms with van der Waals surface area (Å²) in [6.07, 6.45) is 8.98. The molecule has 2 fully saturated rings. The third-order valence-corrected chi connectivity index (χ3v) is 8.13. The Labute approximate surface area is 219 Å². The lowest BCUT2D eigenvalue weighted by molar-refractivity contribution is 0.00570. The van der Waals surface area contributed by atoms with E-state index in [1.54, 1.807) is 22.0 Å². The highest BCUT2D eigenvalue weighted by Gasteiger charge is 2.45. The quantitative estimate of drug-likeness (QED) is 0.384. The number of ether oxygens (including phenoxy) is 1. The second-order valence-electron chi connectivity index (χ2n) is 11.0. The fourth-order valence-corrected chi connectivity index (χ4v) is 6.34. The van der Waals surface area contributed by atoms with Gasteiger partial charge in [0.25, 0.3) is 0 Å². The molecular weight excluding hydrogens is 486 g/mol. The summed E-state index contributed by atoms with van der Waals surface area (Å²) in [6, 6.07) is 6.26. The number of rotatable bonds is 3. The number of pyridine rings is 1. The van der Waals surface area contributed by atoms with E-state index in [9.17, 15) is 4.79 Å². The molecule has 37 heavy (non-hydrogen) atoms. The van der Waals surface area contributed by atoms with Gasteiger partial charge in [0.1, 0.15) is 16.4 Å². The van der Waals surface area contributed by atoms with E-state index in [2.05, 4.69) is 15.1 Å². The lowest BCUT2D eigenvalue weighted by atomic mass is 9.88. The van der Waals surface area contributed by atoms with Crippen LogP contribution in [0.25, 0.3) is 27.5 Å². The number of fused-ring (bicyclic) bond motifs is 3. The first-order chi connectivity index (χ1) is 17.7. The molecule has 0 spiro atoms. The number of nitrogen functional groups attached to an aromatic ring is 1. The van der Waals surface area contributed by atoms with Crippen LogP contribution in [0.2, 0.25) is 0 Å². The molecule has 4 aromatic rings. The smallest absolute Gasteiger partial charge is 0.410 e. The summed E-state index contributed by atoms with van der Waals surface area (Å²) >= 11 is 1.62. The number of piperidine rings is 1. The third-order valence-electron chi connectivity index (χ3n) is 7.19. The Bertz CT molecular complexity index is 1460. The molecule has 1 unspecified atom stereocenters. The monoisotopic (exact) mass is 517 g/mol. The number of nitrogens with zero attached hydrogens (tertiary/aromatic N) is 6. The number of carbonyl (C=O) groups excluding carboxylic acids is 1. The van der Waals surface area contributed by atoms with E-state index >= 15 is 0 Å². The van der Waals surface area contributed by atoms with Crippen molar-refractivity contribution in [2.45, 2.75) is 77.0 Å². The molecule has 0 aromatic carbocycles. The van der Waals surface area contributed by atoms with Crippen LogP contribution in [0.1, 0.15) is 62.9 Å². The minimum absolute atomic E-state index is 0.161. The van der Waals surface area contributed by atoms with E-state index < -0.39 is 5.60 Å². The summed E-state index contributed by atoms with van der Waals surface area (Å²) < 4.78 is 7.38. The molecule has 2 bridgehead atoms. The Morgan fingerprint density at radius 2 is 1.86 bits per heavy atom. The van der Waals surface area contributed by atoms with Crippen LogP contribution >= 0.6 is 11.3 Å². The molecule has 3 atom stereocenters. The number of carbonyl (C=O) groups is 1. The van der Waals surface area contributed by atoms with Gasteiger partial charge >= 0.3 is 6.09 Å². The van der Waals surface area contributed by atoms with E-state index in [1.165, 1.54) is 0 Å². The molecule has 9 nitrogen and oxygen atoms in total. The highest BCUT2D eigenvalue weighted by molar-refractivity contribution is 7.14. The zero-order chi connectivity index (χ0) is 25.9. The number of hydrogen-bond donors (Lipinski definition) is 1. The summed E-state index contributed by atoms with van der Waals surface area (Å²) in [5.41, 5.74) is 10.3. The van der Waals surface area contributed by atoms with Crippen LogP contribution in [-0.4, -0.2) is 53.2 Å². The summed E-state index contributed by atoms with van der Waals surface area (Å²) in [6.45, 7) is 7.77. The van der Waals surface area contributed by atoms with Gasteiger partial charge in [0.05, 0.1) is 11.9 Å². The van der Waals surface area contributed by atoms with Crippen molar-refractivity contribution in [3.63, 3.8) is 0 Å². The fourth-order valence-electron chi connectivity index (χ4n) is 5.60. The van der Waals surface area contributed by atoms with E-state index in [0.717, 1.165) is 63.7 Å². The predicted octanol–water partition coefficient (Wildman–Crippen LogP) is 5.45. The van der Waals surface area contributed by atoms with Crippen molar-refractivity contribution in [2.75, 3.05) is 5.73 Å². The highest BCUT2D eigenvalue weighted by Crippen LogP contribution is 2.44. The van der Waals surface area contributed by atoms with Crippen LogP contribution in [-0.2, 0) is 4.74 Å². The normalized spacial score (nSPS) is 21.5. The van der Waals surface area contributed by atoms with Crippen molar-refractivity contribution < 1.29 is 9.53 Å². The summed E-state index contributed by atoms with van der Waals surface area (Å²) in [7, 11) is 0. The zero-order valence-corrected chi connectivity index (χ0v) is 22.3. The van der Waals surface area contributed by atoms with Crippen LogP contribution in [0.3, 0.4) is 0 Å². The molecule has 192 valence electrons. The topological polar surface area (TPSA) is 112 Å². The maximum atomic E-state index is 12.9. The van der Waals surface area contributed by atoms with Crippen molar-refractivity contribution in [1.29, 1.82) is 0 Å². The molecular formula is C27H31N7O2S. The fraction of sp³-hybridized carbons (Fsp3) is 0.444. The van der Waals surface area contributed by atoms with Crippen molar-refractivity contribution in [3.05, 3.63) is 47.4 Å². The minimum atomic E-state index is -0.501. The van der Waals surface area contributed by atoms with E-state index in [0.29, 0.717) is 5.82 Å². The second-order valence-corrected chi connectivity index (χ2v) is 12.3. The highest BCUT2D eigenvalue weighted by atomic mass is 32.1. The Balaban J connectivity index is 1.28. The maximum Gasteiger partial charge on any atom is 0.410 e. The Kier molecular flexibility index (Phi) is 5.67. The van der Waals surface area contributed by atoms with Gasteiger partial charge in [-0.1, -0.05) is 6.07 Å². The lowest BCUT2D eigenvalue weighted by Gasteiger charge is -2.39. The number of thiazole rings is 1. The van der Waals surface area contributed by atoms with Crippen molar-refractivity contribution in [3.8, 4) is 21.8 Å². The van der Waals surface area contributed by atoms with Crippen LogP contribution in [0.4, 0.5) is 10.6 Å². The molecule has 6 heterocycles. The first kappa shape index (κ1) is 23.8. The van der Waals surface area contributed by atoms with Gasteiger partial charge in [0, 0.05) is 58.2 Å². The van der Waals surface area contributed by atoms with Crippen molar-refractivity contribution in [1.82, 2.24) is 29.5 Å². The number of hydrogen-bond acceptors (Lipinski definition) is 8. The van der Waals surface area contributed by atoms with Crippen molar-refractivity contribution in [2.24, 2.45) is 0 Å². The number of aryl methyl sites for hydroxylation is 1. The molecule has 2 N–H and O–H groups in total. The molecule has 0 radical (unpaired) electrons. The first-order valence-corrected chi connectivity index (χ1v) is 13.5. The van der Waals surface area contributed by atoms with E-state index in [-0.39, 0.29) is 24.1 Å². The lowest BCUT2D eigenvalue weighted by Crippen LogP contribution is -2.48. The number of amides is 1. The molecule has 0 aliphatic carbocycles. The van der Waals surface area contributed by atoms with Crippen LogP contribution in [0, 0.1) is 6.92 Å². The van der Waals surface area contributed by atoms with Gasteiger partial charge in [-0.3, -0.25) is 4.98 Å². The van der Waals surface area contributed by atoms with Gasteiger partial charge in [-0.2, -0.15) is 9.61 Å². The second kappa shape index (κ2) is 8.79. The SMILES string of the molecule is Cc1cnc(-c2ccc(-c3cnn4c(N)cc(C5C[C@H]6CC[C@@H](C5)N6C(=O)OC(C)(C)C)nc34)cn2)s1. The average molecular weight is 518 g/mol. The molecule has 2 saturated heterocycles. The minimum Gasteiger partial charge on any atom is -0.444 e. The molecule has 4 aromatic heterocycles. The van der Waals surface area contributed by atoms with Gasteiger partial charge in [-0.15, -0.1) is 11.3 Å².